The normalized spacial score (nSPS) is 15.2. The summed E-state index contributed by atoms with van der Waals surface area (Å²) < 4.78 is 1.81. The van der Waals surface area contributed by atoms with Gasteiger partial charge in [-0.3, -0.25) is 19.0 Å². The summed E-state index contributed by atoms with van der Waals surface area (Å²) in [7, 11) is 0. The van der Waals surface area contributed by atoms with Gasteiger partial charge in [-0.25, -0.2) is 9.88 Å². The highest BCUT2D eigenvalue weighted by molar-refractivity contribution is 6.46. The molecule has 9 aromatic carbocycles. The lowest BCUT2D eigenvalue weighted by molar-refractivity contribution is 0.0888. The first kappa shape index (κ1) is 28.4. The van der Waals surface area contributed by atoms with Gasteiger partial charge in [-0.1, -0.05) is 91.0 Å². The number of allylic oxidation sites excluding steroid dienone is 2. The molecule has 1 aromatic heterocycles. The Hall–Kier alpha value is -7.18. The third-order valence-corrected chi connectivity index (χ3v) is 12.2. The minimum atomic E-state index is -0.307. The Labute approximate surface area is 305 Å². The van der Waals surface area contributed by atoms with Crippen LogP contribution in [0.15, 0.2) is 115 Å². The van der Waals surface area contributed by atoms with Crippen LogP contribution in [0.5, 0.6) is 0 Å². The van der Waals surface area contributed by atoms with Crippen LogP contribution in [0.3, 0.4) is 0 Å². The van der Waals surface area contributed by atoms with Gasteiger partial charge in [-0.05, 0) is 118 Å². The monoisotopic (exact) mass is 691 g/mol. The average Bonchev–Trinajstić information content (AvgIpc) is 3.32. The number of amides is 2. The third kappa shape index (κ3) is 3.25. The molecule has 0 spiro atoms. The van der Waals surface area contributed by atoms with E-state index in [1.807, 2.05) is 47.1 Å². The number of carbonyl (C=O) groups excluding carboxylic acids is 3. The minimum Gasteiger partial charge on any atom is -0.274 e. The molecule has 3 aliphatic rings. The zero-order chi connectivity index (χ0) is 35.6. The maximum Gasteiger partial charge on any atom is 0.265 e. The molecule has 0 saturated heterocycles. The van der Waals surface area contributed by atoms with E-state index >= 15 is 0 Å². The van der Waals surface area contributed by atoms with Crippen molar-refractivity contribution >= 4 is 111 Å². The number of hydrogen-bond donors (Lipinski definition) is 0. The molecular weight excluding hydrogens is 667 g/mol. The Kier molecular flexibility index (Phi) is 5.06. The van der Waals surface area contributed by atoms with Gasteiger partial charge >= 0.3 is 0 Å². The number of hydrogen-bond acceptors (Lipinski definition) is 4. The van der Waals surface area contributed by atoms with Crippen LogP contribution in [-0.2, 0) is 6.42 Å². The number of aromatic nitrogens is 2. The molecule has 6 nitrogen and oxygen atoms in total. The molecule has 0 bridgehead atoms. The first-order valence-electron chi connectivity index (χ1n) is 18.3. The first-order valence-corrected chi connectivity index (χ1v) is 18.3. The third-order valence-electron chi connectivity index (χ3n) is 12.2. The standard InChI is InChI=1S/C48H25N3O3/c52-39-23-24-11-12-26-28-13-15-30-32-18-21-35-45-36(48(54)50(47(35)53)25-7-3-1-4-8-25)22-19-33(44(32)45)31-16-14-29(42(28)43(30)31)27-17-20-34(40(24)41(26)27)46-49-37-9-5-2-6-10-38(37)51(39)46/h1-4,6-22H,5,23H2. The number of para-hydroxylation sites is 1. The smallest absolute Gasteiger partial charge is 0.265 e. The molecule has 0 saturated carbocycles. The van der Waals surface area contributed by atoms with Crippen LogP contribution < -0.4 is 15.6 Å². The molecule has 13 rings (SSSR count). The fraction of sp³-hybridized carbons (Fsp3) is 0.0417. The minimum absolute atomic E-state index is 0.0245. The molecule has 6 heteroatoms. The van der Waals surface area contributed by atoms with E-state index in [9.17, 15) is 14.4 Å². The van der Waals surface area contributed by atoms with Crippen LogP contribution in [0.1, 0.15) is 37.5 Å². The maximum atomic E-state index is 14.0. The number of nitrogens with zero attached hydrogens (tertiary/aromatic N) is 3. The van der Waals surface area contributed by atoms with Crippen molar-refractivity contribution in [1.82, 2.24) is 9.55 Å². The van der Waals surface area contributed by atoms with Crippen molar-refractivity contribution in [2.45, 2.75) is 12.8 Å². The lowest BCUT2D eigenvalue weighted by atomic mass is 9.81. The predicted molar refractivity (Wildman–Crippen MR) is 216 cm³/mol. The highest BCUT2D eigenvalue weighted by atomic mass is 16.2. The van der Waals surface area contributed by atoms with Crippen LogP contribution >= 0.6 is 0 Å². The van der Waals surface area contributed by atoms with Crippen LogP contribution in [-0.4, -0.2) is 27.3 Å². The van der Waals surface area contributed by atoms with Crippen molar-refractivity contribution in [1.29, 1.82) is 0 Å². The van der Waals surface area contributed by atoms with Crippen molar-refractivity contribution in [3.05, 3.63) is 143 Å². The molecule has 1 aliphatic carbocycles. The van der Waals surface area contributed by atoms with Crippen molar-refractivity contribution in [2.24, 2.45) is 0 Å². The average molecular weight is 692 g/mol. The molecule has 2 aliphatic heterocycles. The van der Waals surface area contributed by atoms with E-state index in [-0.39, 0.29) is 17.7 Å². The Morgan fingerprint density at radius 3 is 1.65 bits per heavy atom. The molecule has 54 heavy (non-hydrogen) atoms. The molecule has 0 radical (unpaired) electrons. The summed E-state index contributed by atoms with van der Waals surface area (Å²) in [6.45, 7) is 0. The molecule has 0 atom stereocenters. The van der Waals surface area contributed by atoms with Crippen molar-refractivity contribution < 1.29 is 14.4 Å². The van der Waals surface area contributed by atoms with Crippen molar-refractivity contribution in [3.63, 3.8) is 0 Å². The van der Waals surface area contributed by atoms with E-state index in [2.05, 4.69) is 72.8 Å². The molecule has 10 aromatic rings. The van der Waals surface area contributed by atoms with Crippen LogP contribution in [0.25, 0.3) is 98.9 Å². The lowest BCUT2D eigenvalue weighted by Crippen LogP contribution is -2.40. The molecule has 3 heterocycles. The van der Waals surface area contributed by atoms with E-state index in [4.69, 9.17) is 4.98 Å². The topological polar surface area (TPSA) is 72.3 Å². The van der Waals surface area contributed by atoms with Gasteiger partial charge in [0.25, 0.3) is 11.8 Å². The van der Waals surface area contributed by atoms with E-state index < -0.39 is 0 Å². The molecule has 250 valence electrons. The summed E-state index contributed by atoms with van der Waals surface area (Å²) in [5.74, 6) is 0.112. The van der Waals surface area contributed by atoms with E-state index in [1.54, 1.807) is 12.1 Å². The van der Waals surface area contributed by atoms with E-state index in [0.29, 0.717) is 29.1 Å². The van der Waals surface area contributed by atoms with Gasteiger partial charge < -0.3 is 0 Å². The van der Waals surface area contributed by atoms with Crippen LogP contribution in [0.4, 0.5) is 5.69 Å². The van der Waals surface area contributed by atoms with Gasteiger partial charge in [0.2, 0.25) is 5.91 Å². The summed E-state index contributed by atoms with van der Waals surface area (Å²) in [6.07, 6.45) is 9.25. The summed E-state index contributed by atoms with van der Waals surface area (Å²) in [5.41, 5.74) is 3.63. The second-order valence-electron chi connectivity index (χ2n) is 14.8. The summed E-state index contributed by atoms with van der Waals surface area (Å²) in [4.78, 5) is 48.4. The fourth-order valence-corrected chi connectivity index (χ4v) is 10.0. The maximum absolute atomic E-state index is 14.0. The Balaban J connectivity index is 1.13. The number of fused-ring (bicyclic) bond motifs is 8. The van der Waals surface area contributed by atoms with Gasteiger partial charge in [0.15, 0.2) is 0 Å². The lowest BCUT2D eigenvalue weighted by Gasteiger charge is -2.28. The highest BCUT2D eigenvalue weighted by Crippen LogP contribution is 2.50. The van der Waals surface area contributed by atoms with Crippen LogP contribution in [0, 0.1) is 0 Å². The second-order valence-corrected chi connectivity index (χ2v) is 14.8. The number of anilines is 1. The zero-order valence-corrected chi connectivity index (χ0v) is 28.6. The Morgan fingerprint density at radius 2 is 1.04 bits per heavy atom. The summed E-state index contributed by atoms with van der Waals surface area (Å²) in [5, 5.41) is 16.8. The van der Waals surface area contributed by atoms with E-state index in [0.717, 1.165) is 92.9 Å². The van der Waals surface area contributed by atoms with Gasteiger partial charge in [-0.15, -0.1) is 0 Å². The molecule has 0 fully saturated rings. The van der Waals surface area contributed by atoms with Gasteiger partial charge in [-0.2, -0.15) is 0 Å². The van der Waals surface area contributed by atoms with Crippen LogP contribution in [0.2, 0.25) is 0 Å². The Bertz CT molecular complexity index is 3490. The largest absolute Gasteiger partial charge is 0.274 e. The molecule has 0 unspecified atom stereocenters. The van der Waals surface area contributed by atoms with Gasteiger partial charge in [0.1, 0.15) is 5.82 Å². The van der Waals surface area contributed by atoms with E-state index in [1.165, 1.54) is 15.7 Å². The summed E-state index contributed by atoms with van der Waals surface area (Å²) >= 11 is 0. The number of carbonyl (C=O) groups is 3. The van der Waals surface area contributed by atoms with Crippen molar-refractivity contribution in [3.8, 4) is 11.4 Å². The number of rotatable bonds is 1. The number of benzene rings is 9. The molecule has 2 amide bonds. The molecular formula is C48H25N3O3. The predicted octanol–water partition coefficient (Wildman–Crippen LogP) is 9.02. The highest BCUT2D eigenvalue weighted by Gasteiger charge is 2.35. The SMILES string of the molecule is O=C1c2ccc3c4ccc5c6ccc7c8c(ccc(c9ccc(c%10ccc(c2c3%10)C(=O)N1c1ccccc1)c4c59)c86)-c1nc2c(n1C(=O)C7)=CC=CCC=2. The molecule has 0 N–H and O–H groups in total. The van der Waals surface area contributed by atoms with Gasteiger partial charge in [0, 0.05) is 22.1 Å². The second kappa shape index (κ2) is 9.62. The van der Waals surface area contributed by atoms with Crippen molar-refractivity contribution in [2.75, 3.05) is 4.90 Å². The quantitative estimate of drug-likeness (QED) is 0.0979. The summed E-state index contributed by atoms with van der Waals surface area (Å²) in [6, 6.07) is 34.6. The van der Waals surface area contributed by atoms with Gasteiger partial charge in [0.05, 0.1) is 22.8 Å². The number of imide groups is 1. The number of imidazole rings is 1. The first-order chi connectivity index (χ1) is 26.6. The Morgan fingerprint density at radius 1 is 0.519 bits per heavy atom. The zero-order valence-electron chi connectivity index (χ0n) is 28.6. The fourth-order valence-electron chi connectivity index (χ4n) is 10.0.